The Kier molecular flexibility index (Phi) is 2.63. The van der Waals surface area contributed by atoms with Crippen LogP contribution < -0.4 is 10.0 Å². The van der Waals surface area contributed by atoms with Crippen molar-refractivity contribution in [3.05, 3.63) is 18.3 Å². The number of pyridine rings is 1. The average molecular weight is 241 g/mol. The molecule has 1 aromatic heterocycles. The Morgan fingerprint density at radius 2 is 2.12 bits per heavy atom. The van der Waals surface area contributed by atoms with Crippen LogP contribution in [0, 0.1) is 0 Å². The first-order chi connectivity index (χ1) is 7.45. The molecule has 0 radical (unpaired) electrons. The molecule has 1 aliphatic rings. The monoisotopic (exact) mass is 241 g/mol. The molecule has 1 heterocycles. The van der Waals surface area contributed by atoms with Gasteiger partial charge in [-0.25, -0.2) is 18.1 Å². The first-order valence-electron chi connectivity index (χ1n) is 5.13. The van der Waals surface area contributed by atoms with Crippen molar-refractivity contribution in [3.8, 4) is 0 Å². The van der Waals surface area contributed by atoms with E-state index in [9.17, 15) is 8.42 Å². The van der Waals surface area contributed by atoms with Crippen LogP contribution in [0.1, 0.15) is 19.8 Å². The molecule has 0 unspecified atom stereocenters. The number of nitrogens with one attached hydrogen (secondary N) is 2. The van der Waals surface area contributed by atoms with Gasteiger partial charge in [-0.1, -0.05) is 0 Å². The van der Waals surface area contributed by atoms with Crippen LogP contribution in [-0.4, -0.2) is 26.0 Å². The number of anilines is 1. The van der Waals surface area contributed by atoms with Gasteiger partial charge in [0.25, 0.3) is 0 Å². The van der Waals surface area contributed by atoms with Crippen molar-refractivity contribution in [2.24, 2.45) is 0 Å². The third kappa shape index (κ3) is 2.33. The fraction of sp³-hybridized carbons (Fsp3) is 0.500. The molecule has 16 heavy (non-hydrogen) atoms. The van der Waals surface area contributed by atoms with E-state index in [0.29, 0.717) is 5.82 Å². The van der Waals surface area contributed by atoms with Gasteiger partial charge in [-0.15, -0.1) is 0 Å². The topological polar surface area (TPSA) is 71.1 Å². The van der Waals surface area contributed by atoms with Crippen LogP contribution >= 0.6 is 0 Å². The van der Waals surface area contributed by atoms with Crippen LogP contribution in [0.5, 0.6) is 0 Å². The van der Waals surface area contributed by atoms with E-state index >= 15 is 0 Å². The zero-order valence-electron chi connectivity index (χ0n) is 9.32. The summed E-state index contributed by atoms with van der Waals surface area (Å²) in [4.78, 5) is 4.23. The lowest BCUT2D eigenvalue weighted by Crippen LogP contribution is -2.34. The molecule has 1 aliphatic carbocycles. The molecular formula is C10H15N3O2S. The van der Waals surface area contributed by atoms with Gasteiger partial charge < -0.3 is 5.32 Å². The van der Waals surface area contributed by atoms with E-state index in [1.54, 1.807) is 7.05 Å². The highest BCUT2D eigenvalue weighted by Crippen LogP contribution is 2.35. The van der Waals surface area contributed by atoms with Crippen molar-refractivity contribution in [3.63, 3.8) is 0 Å². The van der Waals surface area contributed by atoms with Gasteiger partial charge in [-0.05, 0) is 25.8 Å². The molecule has 0 saturated heterocycles. The summed E-state index contributed by atoms with van der Waals surface area (Å²) >= 11 is 0. The zero-order valence-corrected chi connectivity index (χ0v) is 10.1. The van der Waals surface area contributed by atoms with Gasteiger partial charge in [0, 0.05) is 24.8 Å². The molecule has 0 atom stereocenters. The molecule has 1 aromatic rings. The molecule has 2 rings (SSSR count). The lowest BCUT2D eigenvalue weighted by Gasteiger charge is -2.12. The summed E-state index contributed by atoms with van der Waals surface area (Å²) in [6, 6.07) is 3.02. The minimum atomic E-state index is -3.42. The number of rotatable bonds is 4. The SMILES string of the molecule is CNc1cc(S(=O)(=O)NC2(C)CC2)ccn1. The van der Waals surface area contributed by atoms with E-state index in [4.69, 9.17) is 0 Å². The first kappa shape index (κ1) is 11.3. The Morgan fingerprint density at radius 3 is 2.69 bits per heavy atom. The molecule has 6 heteroatoms. The fourth-order valence-corrected chi connectivity index (χ4v) is 2.87. The normalized spacial score (nSPS) is 18.1. The Labute approximate surface area is 95.3 Å². The smallest absolute Gasteiger partial charge is 0.241 e. The number of nitrogens with zero attached hydrogens (tertiary/aromatic N) is 1. The molecule has 0 amide bonds. The second-order valence-corrected chi connectivity index (χ2v) is 5.98. The van der Waals surface area contributed by atoms with Gasteiger partial charge in [-0.3, -0.25) is 0 Å². The first-order valence-corrected chi connectivity index (χ1v) is 6.61. The number of aromatic nitrogens is 1. The Balaban J connectivity index is 2.28. The highest BCUT2D eigenvalue weighted by atomic mass is 32.2. The van der Waals surface area contributed by atoms with Crippen molar-refractivity contribution < 1.29 is 8.42 Å². The summed E-state index contributed by atoms with van der Waals surface area (Å²) in [6.07, 6.45) is 3.28. The summed E-state index contributed by atoms with van der Waals surface area (Å²) in [5.41, 5.74) is -0.248. The van der Waals surface area contributed by atoms with E-state index in [1.807, 2.05) is 6.92 Å². The van der Waals surface area contributed by atoms with Gasteiger partial charge in [0.05, 0.1) is 4.90 Å². The maximum absolute atomic E-state index is 12.0. The average Bonchev–Trinajstić information content (AvgIpc) is 2.95. The van der Waals surface area contributed by atoms with E-state index in [2.05, 4.69) is 15.0 Å². The summed E-state index contributed by atoms with van der Waals surface area (Å²) in [6.45, 7) is 1.91. The highest BCUT2D eigenvalue weighted by Gasteiger charge is 2.41. The maximum atomic E-state index is 12.0. The van der Waals surface area contributed by atoms with Crippen molar-refractivity contribution in [2.45, 2.75) is 30.2 Å². The fourth-order valence-electron chi connectivity index (χ4n) is 1.39. The third-order valence-electron chi connectivity index (χ3n) is 2.68. The van der Waals surface area contributed by atoms with Crippen molar-refractivity contribution >= 4 is 15.8 Å². The van der Waals surface area contributed by atoms with E-state index < -0.39 is 10.0 Å². The zero-order chi connectivity index (χ0) is 11.8. The molecule has 88 valence electrons. The number of sulfonamides is 1. The lowest BCUT2D eigenvalue weighted by molar-refractivity contribution is 0.558. The van der Waals surface area contributed by atoms with Crippen molar-refractivity contribution in [1.29, 1.82) is 0 Å². The quantitative estimate of drug-likeness (QED) is 0.823. The molecule has 1 fully saturated rings. The van der Waals surface area contributed by atoms with E-state index in [0.717, 1.165) is 12.8 Å². The van der Waals surface area contributed by atoms with Crippen molar-refractivity contribution in [1.82, 2.24) is 9.71 Å². The largest absolute Gasteiger partial charge is 0.373 e. The van der Waals surface area contributed by atoms with Crippen LogP contribution in [0.2, 0.25) is 0 Å². The van der Waals surface area contributed by atoms with Gasteiger partial charge in [-0.2, -0.15) is 0 Å². The van der Waals surface area contributed by atoms with Gasteiger partial charge >= 0.3 is 0 Å². The molecule has 0 aliphatic heterocycles. The molecule has 2 N–H and O–H groups in total. The molecule has 0 aromatic carbocycles. The minimum absolute atomic E-state index is 0.248. The van der Waals surface area contributed by atoms with E-state index in [1.165, 1.54) is 18.3 Å². The van der Waals surface area contributed by atoms with Crippen LogP contribution in [0.15, 0.2) is 23.2 Å². The predicted molar refractivity (Wildman–Crippen MR) is 61.7 cm³/mol. The Morgan fingerprint density at radius 1 is 1.44 bits per heavy atom. The summed E-state index contributed by atoms with van der Waals surface area (Å²) in [7, 11) is -1.72. The van der Waals surface area contributed by atoms with E-state index in [-0.39, 0.29) is 10.4 Å². The van der Waals surface area contributed by atoms with Crippen molar-refractivity contribution in [2.75, 3.05) is 12.4 Å². The van der Waals surface area contributed by atoms with Crippen LogP contribution in [0.3, 0.4) is 0 Å². The van der Waals surface area contributed by atoms with Crippen LogP contribution in [-0.2, 0) is 10.0 Å². The standard InChI is InChI=1S/C10H15N3O2S/c1-10(4-5-10)13-16(14,15)8-3-6-12-9(7-8)11-2/h3,6-7,13H,4-5H2,1-2H3,(H,11,12). The maximum Gasteiger partial charge on any atom is 0.241 e. The molecule has 0 bridgehead atoms. The number of hydrogen-bond acceptors (Lipinski definition) is 4. The van der Waals surface area contributed by atoms with Gasteiger partial charge in [0.1, 0.15) is 5.82 Å². The minimum Gasteiger partial charge on any atom is -0.373 e. The third-order valence-corrected chi connectivity index (χ3v) is 4.31. The van der Waals surface area contributed by atoms with Gasteiger partial charge in [0.15, 0.2) is 0 Å². The predicted octanol–water partition coefficient (Wildman–Crippen LogP) is 0.954. The Bertz CT molecular complexity index is 495. The Hall–Kier alpha value is -1.14. The molecule has 5 nitrogen and oxygen atoms in total. The molecular weight excluding hydrogens is 226 g/mol. The summed E-state index contributed by atoms with van der Waals surface area (Å²) < 4.78 is 26.7. The second kappa shape index (κ2) is 3.71. The highest BCUT2D eigenvalue weighted by molar-refractivity contribution is 7.89. The van der Waals surface area contributed by atoms with Crippen LogP contribution in [0.25, 0.3) is 0 Å². The molecule has 0 spiro atoms. The van der Waals surface area contributed by atoms with Crippen LogP contribution in [0.4, 0.5) is 5.82 Å². The lowest BCUT2D eigenvalue weighted by atomic mass is 10.4. The summed E-state index contributed by atoms with van der Waals surface area (Å²) in [5, 5.41) is 2.81. The summed E-state index contributed by atoms with van der Waals surface area (Å²) in [5.74, 6) is 0.545. The number of hydrogen-bond donors (Lipinski definition) is 2. The second-order valence-electron chi connectivity index (χ2n) is 4.29. The molecule has 1 saturated carbocycles. The van der Waals surface area contributed by atoms with Gasteiger partial charge in [0.2, 0.25) is 10.0 Å².